The Morgan fingerprint density at radius 2 is 2.21 bits per heavy atom. The Kier molecular flexibility index (Phi) is 5.51. The summed E-state index contributed by atoms with van der Waals surface area (Å²) in [6.45, 7) is 12.7. The van der Waals surface area contributed by atoms with E-state index in [0.29, 0.717) is 13.1 Å². The number of ether oxygens (including phenoxy) is 1. The molecule has 8 heteroatoms. The third kappa shape index (κ3) is 4.43. The van der Waals surface area contributed by atoms with Gasteiger partial charge in [-0.3, -0.25) is 9.89 Å². The van der Waals surface area contributed by atoms with Crippen LogP contribution in [-0.2, 0) is 17.7 Å². The fraction of sp³-hybridized carbons (Fsp3) is 0.700. The van der Waals surface area contributed by atoms with Gasteiger partial charge in [-0.05, 0) is 44.2 Å². The fourth-order valence-corrected chi connectivity index (χ4v) is 4.94. The van der Waals surface area contributed by atoms with E-state index in [0.717, 1.165) is 45.2 Å². The van der Waals surface area contributed by atoms with Gasteiger partial charge in [-0.2, -0.15) is 0 Å². The molecule has 0 bridgehead atoms. The van der Waals surface area contributed by atoms with Gasteiger partial charge in [0.2, 0.25) is 0 Å². The summed E-state index contributed by atoms with van der Waals surface area (Å²) >= 11 is 1.88. The Hall–Kier alpha value is -1.80. The molecule has 1 aromatic rings. The third-order valence-electron chi connectivity index (χ3n) is 5.46. The smallest absolute Gasteiger partial charge is 0.410 e. The Bertz CT molecular complexity index is 741. The Morgan fingerprint density at radius 1 is 1.36 bits per heavy atom. The summed E-state index contributed by atoms with van der Waals surface area (Å²) in [6.07, 6.45) is 0.953. The van der Waals surface area contributed by atoms with Gasteiger partial charge in [0.25, 0.3) is 0 Å². The summed E-state index contributed by atoms with van der Waals surface area (Å²) in [7, 11) is 0. The van der Waals surface area contributed by atoms with Crippen LogP contribution in [0.15, 0.2) is 16.4 Å². The van der Waals surface area contributed by atoms with Crippen molar-refractivity contribution in [1.29, 1.82) is 0 Å². The lowest BCUT2D eigenvalue weighted by atomic mass is 10.1. The average molecular weight is 406 g/mol. The minimum absolute atomic E-state index is 0.216. The fourth-order valence-electron chi connectivity index (χ4n) is 4.05. The molecule has 4 heterocycles. The predicted octanol–water partition coefficient (Wildman–Crippen LogP) is 1.99. The first-order valence-corrected chi connectivity index (χ1v) is 11.1. The molecule has 0 aliphatic carbocycles. The van der Waals surface area contributed by atoms with Crippen LogP contribution in [0.3, 0.4) is 0 Å². The van der Waals surface area contributed by atoms with Crippen molar-refractivity contribution in [3.8, 4) is 0 Å². The Labute approximate surface area is 171 Å². The van der Waals surface area contributed by atoms with E-state index in [9.17, 15) is 4.79 Å². The molecular weight excluding hydrogens is 374 g/mol. The Morgan fingerprint density at radius 3 is 3.04 bits per heavy atom. The molecule has 1 fully saturated rings. The highest BCUT2D eigenvalue weighted by molar-refractivity contribution is 7.10. The number of rotatable bonds is 3. The topological polar surface area (TPSA) is 60.4 Å². The van der Waals surface area contributed by atoms with Crippen LogP contribution in [0.5, 0.6) is 0 Å². The third-order valence-corrected chi connectivity index (χ3v) is 6.48. The van der Waals surface area contributed by atoms with Crippen molar-refractivity contribution in [2.75, 3.05) is 45.8 Å². The SMILES string of the molecule is CC(C)(C)OC(=O)N1CCN2C(NCCN3CCc4sccc4C3)=NCC2C1. The number of amides is 1. The van der Waals surface area contributed by atoms with Gasteiger partial charge < -0.3 is 19.9 Å². The summed E-state index contributed by atoms with van der Waals surface area (Å²) in [6, 6.07) is 2.52. The predicted molar refractivity (Wildman–Crippen MR) is 112 cm³/mol. The van der Waals surface area contributed by atoms with Crippen molar-refractivity contribution in [2.24, 2.45) is 4.99 Å². The van der Waals surface area contributed by atoms with E-state index in [2.05, 4.69) is 26.6 Å². The number of hydrogen-bond acceptors (Lipinski definition) is 7. The molecule has 0 spiro atoms. The van der Waals surface area contributed by atoms with Crippen molar-refractivity contribution in [1.82, 2.24) is 20.0 Å². The summed E-state index contributed by atoms with van der Waals surface area (Å²) in [5.41, 5.74) is 1.04. The summed E-state index contributed by atoms with van der Waals surface area (Å²) in [5.74, 6) is 0.988. The van der Waals surface area contributed by atoms with Crippen molar-refractivity contribution in [2.45, 2.75) is 45.4 Å². The number of nitrogens with zero attached hydrogens (tertiary/aromatic N) is 4. The van der Waals surface area contributed by atoms with Gasteiger partial charge in [0.05, 0.1) is 12.6 Å². The zero-order valence-electron chi connectivity index (χ0n) is 17.1. The van der Waals surface area contributed by atoms with Gasteiger partial charge in [0, 0.05) is 50.7 Å². The van der Waals surface area contributed by atoms with Gasteiger partial charge in [-0.15, -0.1) is 11.3 Å². The number of carbonyl (C=O) groups is 1. The lowest BCUT2D eigenvalue weighted by molar-refractivity contribution is 0.0137. The second-order valence-electron chi connectivity index (χ2n) is 8.76. The lowest BCUT2D eigenvalue weighted by Crippen LogP contribution is -2.57. The molecule has 0 aromatic carbocycles. The first-order chi connectivity index (χ1) is 13.4. The second-order valence-corrected chi connectivity index (χ2v) is 9.76. The second kappa shape index (κ2) is 7.91. The van der Waals surface area contributed by atoms with E-state index in [1.807, 2.05) is 37.0 Å². The van der Waals surface area contributed by atoms with E-state index in [4.69, 9.17) is 9.73 Å². The maximum Gasteiger partial charge on any atom is 0.410 e. The van der Waals surface area contributed by atoms with Crippen molar-refractivity contribution in [3.63, 3.8) is 0 Å². The van der Waals surface area contributed by atoms with Crippen LogP contribution >= 0.6 is 11.3 Å². The molecule has 4 rings (SSSR count). The van der Waals surface area contributed by atoms with Crippen LogP contribution in [0, 0.1) is 0 Å². The van der Waals surface area contributed by atoms with E-state index < -0.39 is 5.60 Å². The minimum Gasteiger partial charge on any atom is -0.444 e. The summed E-state index contributed by atoms with van der Waals surface area (Å²) < 4.78 is 5.51. The number of aliphatic imine (C=N–C) groups is 1. The number of guanidine groups is 1. The lowest BCUT2D eigenvalue weighted by Gasteiger charge is -2.39. The van der Waals surface area contributed by atoms with Crippen LogP contribution in [-0.4, -0.2) is 84.2 Å². The highest BCUT2D eigenvalue weighted by Crippen LogP contribution is 2.23. The molecule has 154 valence electrons. The summed E-state index contributed by atoms with van der Waals surface area (Å²) in [4.78, 5) is 25.2. The molecule has 1 aromatic heterocycles. The van der Waals surface area contributed by atoms with Crippen molar-refractivity contribution >= 4 is 23.4 Å². The largest absolute Gasteiger partial charge is 0.444 e. The number of thiophene rings is 1. The summed E-state index contributed by atoms with van der Waals surface area (Å²) in [5, 5.41) is 5.74. The van der Waals surface area contributed by atoms with E-state index in [1.54, 1.807) is 4.88 Å². The van der Waals surface area contributed by atoms with Gasteiger partial charge in [-0.1, -0.05) is 0 Å². The van der Waals surface area contributed by atoms with Crippen molar-refractivity contribution in [3.05, 3.63) is 21.9 Å². The molecule has 1 saturated heterocycles. The molecule has 3 aliphatic rings. The first kappa shape index (κ1) is 19.5. The standard InChI is InChI=1S/C20H31N5O2S/c1-20(2,3)27-19(26)24-9-10-25-16(14-24)12-22-18(25)21-6-8-23-7-4-17-15(13-23)5-11-28-17/h5,11,16H,4,6-10,12-14H2,1-3H3,(H,21,22). The van der Waals surface area contributed by atoms with Crippen LogP contribution in [0.4, 0.5) is 4.79 Å². The van der Waals surface area contributed by atoms with E-state index in [1.165, 1.54) is 12.0 Å². The van der Waals surface area contributed by atoms with Crippen LogP contribution in [0.25, 0.3) is 0 Å². The number of fused-ring (bicyclic) bond motifs is 2. The highest BCUT2D eigenvalue weighted by atomic mass is 32.1. The maximum atomic E-state index is 12.3. The van der Waals surface area contributed by atoms with Gasteiger partial charge in [-0.25, -0.2) is 4.79 Å². The molecule has 1 amide bonds. The first-order valence-electron chi connectivity index (χ1n) is 10.2. The molecule has 0 radical (unpaired) electrons. The molecule has 3 aliphatic heterocycles. The molecule has 1 atom stereocenters. The molecular formula is C20H31N5O2S. The van der Waals surface area contributed by atoms with E-state index >= 15 is 0 Å². The molecule has 7 nitrogen and oxygen atoms in total. The zero-order valence-corrected chi connectivity index (χ0v) is 17.9. The van der Waals surface area contributed by atoms with Gasteiger partial charge in [0.15, 0.2) is 5.96 Å². The number of piperazine rings is 1. The quantitative estimate of drug-likeness (QED) is 0.833. The van der Waals surface area contributed by atoms with Crippen LogP contribution < -0.4 is 5.32 Å². The van der Waals surface area contributed by atoms with Crippen LogP contribution in [0.1, 0.15) is 31.2 Å². The normalized spacial score (nSPS) is 22.5. The monoisotopic (exact) mass is 405 g/mol. The zero-order chi connectivity index (χ0) is 19.7. The molecule has 1 unspecified atom stereocenters. The van der Waals surface area contributed by atoms with E-state index in [-0.39, 0.29) is 12.1 Å². The Balaban J connectivity index is 1.21. The molecule has 28 heavy (non-hydrogen) atoms. The number of carbonyl (C=O) groups excluding carboxylic acids is 1. The number of nitrogens with one attached hydrogen (secondary N) is 1. The molecule has 0 saturated carbocycles. The minimum atomic E-state index is -0.453. The average Bonchev–Trinajstić information content (AvgIpc) is 3.26. The maximum absolute atomic E-state index is 12.3. The molecule has 1 N–H and O–H groups in total. The number of hydrogen-bond donors (Lipinski definition) is 1. The van der Waals surface area contributed by atoms with Gasteiger partial charge in [0.1, 0.15) is 5.60 Å². The van der Waals surface area contributed by atoms with Crippen molar-refractivity contribution < 1.29 is 9.53 Å². The highest BCUT2D eigenvalue weighted by Gasteiger charge is 2.36. The van der Waals surface area contributed by atoms with Gasteiger partial charge >= 0.3 is 6.09 Å². The van der Waals surface area contributed by atoms with Crippen LogP contribution in [0.2, 0.25) is 0 Å².